The summed E-state index contributed by atoms with van der Waals surface area (Å²) in [6.07, 6.45) is 6.62. The van der Waals surface area contributed by atoms with E-state index in [2.05, 4.69) is 51.0 Å². The van der Waals surface area contributed by atoms with Gasteiger partial charge in [-0.15, -0.1) is 0 Å². The monoisotopic (exact) mass is 323 g/mol. The van der Waals surface area contributed by atoms with E-state index in [4.69, 9.17) is 0 Å². The molecule has 1 aliphatic carbocycles. The van der Waals surface area contributed by atoms with Crippen molar-refractivity contribution in [2.24, 2.45) is 5.92 Å². The number of hydrogen-bond donors (Lipinski definition) is 1. The van der Waals surface area contributed by atoms with Crippen molar-refractivity contribution in [2.75, 3.05) is 13.1 Å². The van der Waals surface area contributed by atoms with Crippen LogP contribution in [0.15, 0.2) is 22.9 Å². The third kappa shape index (κ3) is 2.86. The van der Waals surface area contributed by atoms with Crippen LogP contribution in [0.5, 0.6) is 0 Å². The predicted octanol–water partition coefficient (Wildman–Crippen LogP) is 2.81. The molecule has 0 radical (unpaired) electrons. The zero-order valence-electron chi connectivity index (χ0n) is 11.7. The molecular formula is C15H22BrN3. The number of pyridine rings is 1. The molecule has 4 heteroatoms. The highest BCUT2D eigenvalue weighted by Crippen LogP contribution is 2.44. The molecule has 1 saturated heterocycles. The van der Waals surface area contributed by atoms with Crippen LogP contribution in [0.2, 0.25) is 0 Å². The van der Waals surface area contributed by atoms with Gasteiger partial charge in [-0.25, -0.2) is 0 Å². The summed E-state index contributed by atoms with van der Waals surface area (Å²) in [4.78, 5) is 6.95. The molecule has 0 spiro atoms. The molecule has 0 amide bonds. The standard InChI is InChI=1S/C15H22BrN3/c1-11-8-19(9-12-5-14(16)7-17-6-12)15(2,10-18-11)13-3-4-13/h5-7,11,13,18H,3-4,8-10H2,1-2H3. The maximum atomic E-state index is 4.29. The first-order chi connectivity index (χ1) is 9.08. The van der Waals surface area contributed by atoms with E-state index in [1.54, 1.807) is 0 Å². The molecule has 1 aromatic rings. The number of rotatable bonds is 3. The van der Waals surface area contributed by atoms with Gasteiger partial charge in [0.1, 0.15) is 0 Å². The molecular weight excluding hydrogens is 302 g/mol. The van der Waals surface area contributed by atoms with Gasteiger partial charge < -0.3 is 5.32 Å². The summed E-state index contributed by atoms with van der Waals surface area (Å²) in [6, 6.07) is 2.76. The van der Waals surface area contributed by atoms with Crippen molar-refractivity contribution < 1.29 is 0 Å². The smallest absolute Gasteiger partial charge is 0.0410 e. The molecule has 3 nitrogen and oxygen atoms in total. The molecule has 1 saturated carbocycles. The van der Waals surface area contributed by atoms with Crippen molar-refractivity contribution >= 4 is 15.9 Å². The summed E-state index contributed by atoms with van der Waals surface area (Å²) in [5, 5.41) is 3.65. The van der Waals surface area contributed by atoms with Crippen LogP contribution < -0.4 is 5.32 Å². The fourth-order valence-corrected chi connectivity index (χ4v) is 3.62. The highest BCUT2D eigenvalue weighted by molar-refractivity contribution is 9.10. The van der Waals surface area contributed by atoms with E-state index in [9.17, 15) is 0 Å². The Hall–Kier alpha value is -0.450. The van der Waals surface area contributed by atoms with Gasteiger partial charge in [0.05, 0.1) is 0 Å². The molecule has 2 atom stereocenters. The normalized spacial score (nSPS) is 32.5. The maximum Gasteiger partial charge on any atom is 0.0410 e. The first kappa shape index (κ1) is 13.5. The van der Waals surface area contributed by atoms with Gasteiger partial charge in [-0.1, -0.05) is 0 Å². The van der Waals surface area contributed by atoms with Crippen LogP contribution in [0.3, 0.4) is 0 Å². The molecule has 104 valence electrons. The zero-order chi connectivity index (χ0) is 13.5. The van der Waals surface area contributed by atoms with E-state index in [-0.39, 0.29) is 0 Å². The molecule has 3 rings (SSSR count). The van der Waals surface area contributed by atoms with Crippen LogP contribution in [0.4, 0.5) is 0 Å². The molecule has 2 aliphatic rings. The van der Waals surface area contributed by atoms with Gasteiger partial charge in [0.2, 0.25) is 0 Å². The van der Waals surface area contributed by atoms with E-state index in [1.165, 1.54) is 18.4 Å². The second kappa shape index (κ2) is 5.15. The Morgan fingerprint density at radius 3 is 2.95 bits per heavy atom. The molecule has 1 aromatic heterocycles. The summed E-state index contributed by atoms with van der Waals surface area (Å²) in [5.41, 5.74) is 1.62. The lowest BCUT2D eigenvalue weighted by atomic mass is 9.89. The maximum absolute atomic E-state index is 4.29. The molecule has 1 aliphatic heterocycles. The molecule has 19 heavy (non-hydrogen) atoms. The van der Waals surface area contributed by atoms with Crippen molar-refractivity contribution in [2.45, 2.75) is 44.8 Å². The minimum Gasteiger partial charge on any atom is -0.311 e. The quantitative estimate of drug-likeness (QED) is 0.927. The highest BCUT2D eigenvalue weighted by Gasteiger charge is 2.47. The van der Waals surface area contributed by atoms with Crippen molar-refractivity contribution in [1.29, 1.82) is 0 Å². The Morgan fingerprint density at radius 1 is 1.47 bits per heavy atom. The first-order valence-electron chi connectivity index (χ1n) is 7.16. The van der Waals surface area contributed by atoms with Gasteiger partial charge in [0.25, 0.3) is 0 Å². The lowest BCUT2D eigenvalue weighted by molar-refractivity contribution is 0.0311. The lowest BCUT2D eigenvalue weighted by Crippen LogP contribution is -2.63. The van der Waals surface area contributed by atoms with Gasteiger partial charge in [-0.2, -0.15) is 0 Å². The second-order valence-electron chi connectivity index (χ2n) is 6.31. The van der Waals surface area contributed by atoms with Gasteiger partial charge >= 0.3 is 0 Å². The average molecular weight is 324 g/mol. The van der Waals surface area contributed by atoms with E-state index in [0.717, 1.165) is 30.0 Å². The largest absolute Gasteiger partial charge is 0.311 e. The van der Waals surface area contributed by atoms with E-state index in [1.807, 2.05) is 12.4 Å². The molecule has 1 N–H and O–H groups in total. The van der Waals surface area contributed by atoms with Crippen molar-refractivity contribution in [3.63, 3.8) is 0 Å². The predicted molar refractivity (Wildman–Crippen MR) is 80.9 cm³/mol. The SMILES string of the molecule is CC1CN(Cc2cncc(Br)c2)C(C)(C2CC2)CN1. The van der Waals surface area contributed by atoms with Gasteiger partial charge in [-0.3, -0.25) is 9.88 Å². The minimum atomic E-state index is 0.314. The molecule has 2 unspecified atom stereocenters. The third-order valence-corrected chi connectivity index (χ3v) is 5.05. The fourth-order valence-electron chi connectivity index (χ4n) is 3.21. The highest BCUT2D eigenvalue weighted by atomic mass is 79.9. The fraction of sp³-hybridized carbons (Fsp3) is 0.667. The summed E-state index contributed by atoms with van der Waals surface area (Å²) in [6.45, 7) is 7.94. The number of piperazine rings is 1. The Balaban J connectivity index is 1.79. The van der Waals surface area contributed by atoms with Crippen LogP contribution in [-0.4, -0.2) is 34.6 Å². The van der Waals surface area contributed by atoms with Crippen LogP contribution in [0.25, 0.3) is 0 Å². The Bertz CT molecular complexity index is 460. The number of nitrogens with one attached hydrogen (secondary N) is 1. The third-order valence-electron chi connectivity index (χ3n) is 4.62. The van der Waals surface area contributed by atoms with Crippen LogP contribution >= 0.6 is 15.9 Å². The van der Waals surface area contributed by atoms with Crippen LogP contribution in [0.1, 0.15) is 32.3 Å². The van der Waals surface area contributed by atoms with Gasteiger partial charge in [-0.05, 0) is 60.2 Å². The second-order valence-corrected chi connectivity index (χ2v) is 7.22. The first-order valence-corrected chi connectivity index (χ1v) is 7.95. The topological polar surface area (TPSA) is 28.2 Å². The summed E-state index contributed by atoms with van der Waals surface area (Å²) < 4.78 is 1.07. The van der Waals surface area contributed by atoms with Crippen molar-refractivity contribution in [3.05, 3.63) is 28.5 Å². The Morgan fingerprint density at radius 2 is 2.26 bits per heavy atom. The van der Waals surface area contributed by atoms with E-state index in [0.29, 0.717) is 11.6 Å². The van der Waals surface area contributed by atoms with E-state index < -0.39 is 0 Å². The zero-order valence-corrected chi connectivity index (χ0v) is 13.3. The summed E-state index contributed by atoms with van der Waals surface area (Å²) in [7, 11) is 0. The summed E-state index contributed by atoms with van der Waals surface area (Å²) >= 11 is 3.52. The molecule has 2 heterocycles. The summed E-state index contributed by atoms with van der Waals surface area (Å²) in [5.74, 6) is 0.868. The molecule has 0 aromatic carbocycles. The van der Waals surface area contributed by atoms with Crippen molar-refractivity contribution in [1.82, 2.24) is 15.2 Å². The van der Waals surface area contributed by atoms with E-state index >= 15 is 0 Å². The number of aromatic nitrogens is 1. The Labute approximate surface area is 123 Å². The van der Waals surface area contributed by atoms with Gasteiger partial charge in [0.15, 0.2) is 0 Å². The Kier molecular flexibility index (Phi) is 3.67. The minimum absolute atomic E-state index is 0.314. The van der Waals surface area contributed by atoms with Crippen molar-refractivity contribution in [3.8, 4) is 0 Å². The number of nitrogens with zero attached hydrogens (tertiary/aromatic N) is 2. The van der Waals surface area contributed by atoms with Gasteiger partial charge in [0, 0.05) is 48.1 Å². The van der Waals surface area contributed by atoms with Crippen LogP contribution in [0, 0.1) is 5.92 Å². The molecule has 0 bridgehead atoms. The number of hydrogen-bond acceptors (Lipinski definition) is 3. The van der Waals surface area contributed by atoms with Crippen LogP contribution in [-0.2, 0) is 6.54 Å². The molecule has 2 fully saturated rings. The number of halogens is 1. The average Bonchev–Trinajstić information content (AvgIpc) is 3.18. The lowest BCUT2D eigenvalue weighted by Gasteiger charge is -2.48.